The van der Waals surface area contributed by atoms with Crippen molar-refractivity contribution in [1.82, 2.24) is 0 Å². The van der Waals surface area contributed by atoms with Gasteiger partial charge in [-0.05, 0) is 0 Å². The van der Waals surface area contributed by atoms with Crippen LogP contribution in [0.15, 0.2) is 0 Å². The minimum atomic E-state index is -0.134. The quantitative estimate of drug-likeness (QED) is 0.341. The maximum Gasteiger partial charge on any atom is 0.160 e. The highest BCUT2D eigenvalue weighted by molar-refractivity contribution is 7.90. The standard InChI is InChI=1S/C4H4O2S/c1-2-4-3-5-7-6-4/h1,4H,3H2. The number of rotatable bonds is 0. The van der Waals surface area contributed by atoms with Crippen molar-refractivity contribution in [2.75, 3.05) is 6.61 Å². The number of hydrogen-bond donors (Lipinski definition) is 0. The van der Waals surface area contributed by atoms with Crippen LogP contribution < -0.4 is 0 Å². The summed E-state index contributed by atoms with van der Waals surface area (Å²) < 4.78 is 9.46. The lowest BCUT2D eigenvalue weighted by Crippen LogP contribution is -2.02. The Morgan fingerprint density at radius 2 is 2.71 bits per heavy atom. The molecule has 38 valence electrons. The van der Waals surface area contributed by atoms with E-state index < -0.39 is 0 Å². The molecule has 0 amide bonds. The Morgan fingerprint density at radius 1 is 1.86 bits per heavy atom. The topological polar surface area (TPSA) is 18.5 Å². The van der Waals surface area contributed by atoms with Crippen molar-refractivity contribution in [3.63, 3.8) is 0 Å². The molecule has 1 aliphatic heterocycles. The Hall–Kier alpha value is -0.170. The van der Waals surface area contributed by atoms with Crippen LogP contribution in [-0.2, 0) is 8.37 Å². The van der Waals surface area contributed by atoms with Crippen molar-refractivity contribution in [3.05, 3.63) is 0 Å². The second-order valence-electron chi connectivity index (χ2n) is 1.10. The molecular weight excluding hydrogens is 112 g/mol. The highest BCUT2D eigenvalue weighted by atomic mass is 32.2. The molecule has 0 spiro atoms. The molecule has 7 heavy (non-hydrogen) atoms. The average molecular weight is 116 g/mol. The van der Waals surface area contributed by atoms with Gasteiger partial charge in [-0.25, -0.2) is 0 Å². The van der Waals surface area contributed by atoms with Gasteiger partial charge in [0.15, 0.2) is 18.4 Å². The van der Waals surface area contributed by atoms with E-state index in [-0.39, 0.29) is 6.10 Å². The molecular formula is C4H4O2S. The summed E-state index contributed by atoms with van der Waals surface area (Å²) in [4.78, 5) is 0. The van der Waals surface area contributed by atoms with Crippen LogP contribution >= 0.6 is 12.3 Å². The molecule has 0 aromatic heterocycles. The van der Waals surface area contributed by atoms with Crippen molar-refractivity contribution in [2.24, 2.45) is 0 Å². The summed E-state index contributed by atoms with van der Waals surface area (Å²) in [6.07, 6.45) is 4.83. The SMILES string of the molecule is C#CC1COSO1. The lowest BCUT2D eigenvalue weighted by molar-refractivity contribution is 0.303. The molecule has 1 fully saturated rings. The van der Waals surface area contributed by atoms with Gasteiger partial charge in [-0.2, -0.15) is 0 Å². The van der Waals surface area contributed by atoms with E-state index in [1.54, 1.807) is 0 Å². The Balaban J connectivity index is 2.31. The monoisotopic (exact) mass is 116 g/mol. The van der Waals surface area contributed by atoms with Gasteiger partial charge in [0, 0.05) is 0 Å². The Morgan fingerprint density at radius 3 is 3.00 bits per heavy atom. The molecule has 0 aromatic carbocycles. The smallest absolute Gasteiger partial charge is 0.160 e. The summed E-state index contributed by atoms with van der Waals surface area (Å²) in [5.41, 5.74) is 0. The van der Waals surface area contributed by atoms with E-state index in [2.05, 4.69) is 5.92 Å². The van der Waals surface area contributed by atoms with E-state index in [0.717, 1.165) is 12.3 Å². The van der Waals surface area contributed by atoms with Crippen LogP contribution in [0.2, 0.25) is 0 Å². The molecule has 1 unspecified atom stereocenters. The minimum absolute atomic E-state index is 0.134. The third kappa shape index (κ3) is 1.10. The Bertz CT molecular complexity index is 90.4. The van der Waals surface area contributed by atoms with E-state index in [1.165, 1.54) is 0 Å². The molecule has 1 aliphatic rings. The highest BCUT2D eigenvalue weighted by Crippen LogP contribution is 2.17. The summed E-state index contributed by atoms with van der Waals surface area (Å²) in [5.74, 6) is 2.40. The number of terminal acetylenes is 1. The van der Waals surface area contributed by atoms with Gasteiger partial charge in [-0.1, -0.05) is 5.92 Å². The molecule has 3 heteroatoms. The number of hydrogen-bond acceptors (Lipinski definition) is 3. The van der Waals surface area contributed by atoms with Crippen molar-refractivity contribution in [3.8, 4) is 12.3 Å². The van der Waals surface area contributed by atoms with E-state index in [1.807, 2.05) is 0 Å². The molecule has 0 N–H and O–H groups in total. The zero-order valence-corrected chi connectivity index (χ0v) is 4.40. The first-order chi connectivity index (χ1) is 3.43. The van der Waals surface area contributed by atoms with Crippen LogP contribution in [0.25, 0.3) is 0 Å². The van der Waals surface area contributed by atoms with Gasteiger partial charge in [0.05, 0.1) is 0 Å². The Labute approximate surface area is 46.6 Å². The molecule has 1 heterocycles. The van der Waals surface area contributed by atoms with Gasteiger partial charge in [0.2, 0.25) is 0 Å². The van der Waals surface area contributed by atoms with Gasteiger partial charge >= 0.3 is 0 Å². The van der Waals surface area contributed by atoms with E-state index in [4.69, 9.17) is 14.8 Å². The normalized spacial score (nSPS) is 29.9. The minimum Gasteiger partial charge on any atom is -0.287 e. The molecule has 2 nitrogen and oxygen atoms in total. The summed E-state index contributed by atoms with van der Waals surface area (Å²) in [6.45, 7) is 0.515. The molecule has 0 bridgehead atoms. The van der Waals surface area contributed by atoms with Crippen LogP contribution in [0.3, 0.4) is 0 Å². The van der Waals surface area contributed by atoms with Crippen LogP contribution in [0.4, 0.5) is 0 Å². The summed E-state index contributed by atoms with van der Waals surface area (Å²) in [6, 6.07) is 0. The van der Waals surface area contributed by atoms with Gasteiger partial charge in [0.25, 0.3) is 0 Å². The van der Waals surface area contributed by atoms with E-state index in [0.29, 0.717) is 6.61 Å². The molecule has 0 radical (unpaired) electrons. The predicted octanol–water partition coefficient (Wildman–Crippen LogP) is 0.598. The fourth-order valence-corrected chi connectivity index (χ4v) is 0.709. The molecule has 0 aromatic rings. The van der Waals surface area contributed by atoms with Crippen molar-refractivity contribution < 1.29 is 8.37 Å². The second kappa shape index (κ2) is 2.22. The third-order valence-electron chi connectivity index (χ3n) is 0.609. The molecule has 1 saturated heterocycles. The van der Waals surface area contributed by atoms with Crippen LogP contribution in [0, 0.1) is 12.3 Å². The van der Waals surface area contributed by atoms with Gasteiger partial charge in [-0.3, -0.25) is 8.37 Å². The average Bonchev–Trinajstić information content (AvgIpc) is 2.14. The van der Waals surface area contributed by atoms with Crippen molar-refractivity contribution in [1.29, 1.82) is 0 Å². The highest BCUT2D eigenvalue weighted by Gasteiger charge is 2.13. The molecule has 0 aliphatic carbocycles. The fourth-order valence-electron chi connectivity index (χ4n) is 0.268. The first-order valence-electron chi connectivity index (χ1n) is 1.84. The second-order valence-corrected chi connectivity index (χ2v) is 1.67. The van der Waals surface area contributed by atoms with Crippen LogP contribution in [-0.4, -0.2) is 12.7 Å². The van der Waals surface area contributed by atoms with E-state index >= 15 is 0 Å². The molecule has 1 atom stereocenters. The van der Waals surface area contributed by atoms with Crippen molar-refractivity contribution in [2.45, 2.75) is 6.10 Å². The lowest BCUT2D eigenvalue weighted by Gasteiger charge is -1.87. The van der Waals surface area contributed by atoms with Gasteiger partial charge in [0.1, 0.15) is 6.61 Å². The summed E-state index contributed by atoms with van der Waals surface area (Å²) in [7, 11) is 0. The molecule has 1 rings (SSSR count). The van der Waals surface area contributed by atoms with Crippen LogP contribution in [0.1, 0.15) is 0 Å². The fraction of sp³-hybridized carbons (Fsp3) is 0.500. The maximum atomic E-state index is 4.97. The van der Waals surface area contributed by atoms with Gasteiger partial charge < -0.3 is 0 Å². The predicted molar refractivity (Wildman–Crippen MR) is 27.2 cm³/mol. The first-order valence-corrected chi connectivity index (χ1v) is 2.51. The van der Waals surface area contributed by atoms with Crippen molar-refractivity contribution >= 4 is 12.3 Å². The first kappa shape index (κ1) is 4.98. The largest absolute Gasteiger partial charge is 0.287 e. The third-order valence-corrected chi connectivity index (χ3v) is 1.15. The zero-order chi connectivity index (χ0) is 5.11. The molecule has 0 saturated carbocycles. The van der Waals surface area contributed by atoms with Gasteiger partial charge in [-0.15, -0.1) is 6.42 Å². The lowest BCUT2D eigenvalue weighted by atomic mass is 10.4. The summed E-state index contributed by atoms with van der Waals surface area (Å²) >= 11 is 0.964. The van der Waals surface area contributed by atoms with Crippen LogP contribution in [0.5, 0.6) is 0 Å². The summed E-state index contributed by atoms with van der Waals surface area (Å²) in [5, 5.41) is 0. The Kier molecular flexibility index (Phi) is 1.58. The van der Waals surface area contributed by atoms with E-state index in [9.17, 15) is 0 Å². The maximum absolute atomic E-state index is 4.97. The zero-order valence-electron chi connectivity index (χ0n) is 3.59.